The van der Waals surface area contributed by atoms with Gasteiger partial charge in [0.15, 0.2) is 0 Å². The average molecular weight is 347 g/mol. The lowest BCUT2D eigenvalue weighted by atomic mass is 10.1. The second-order valence-electron chi connectivity index (χ2n) is 5.65. The van der Waals surface area contributed by atoms with Gasteiger partial charge in [0.1, 0.15) is 6.04 Å². The van der Waals surface area contributed by atoms with Crippen LogP contribution >= 0.6 is 7.52 Å². The number of carboxylic acid groups (broad SMARTS) is 1. The summed E-state index contributed by atoms with van der Waals surface area (Å²) >= 11 is 0. The lowest BCUT2D eigenvalue weighted by Crippen LogP contribution is -2.28. The molecule has 3 unspecified atom stereocenters. The smallest absolute Gasteiger partial charge is 0.325 e. The second kappa shape index (κ2) is 8.25. The highest BCUT2D eigenvalue weighted by Crippen LogP contribution is 2.55. The number of nitrogens with one attached hydrogen (secondary N) is 1. The molecule has 128 valence electrons. The Morgan fingerprint density at radius 2 is 1.54 bits per heavy atom. The molecule has 2 rings (SSSR count). The molecule has 0 heterocycles. The summed E-state index contributed by atoms with van der Waals surface area (Å²) < 4.78 is 13.0. The minimum absolute atomic E-state index is 0.447. The molecule has 0 aliphatic heterocycles. The van der Waals surface area contributed by atoms with E-state index in [-0.39, 0.29) is 0 Å². The number of benzene rings is 2. The molecule has 3 atom stereocenters. The summed E-state index contributed by atoms with van der Waals surface area (Å²) in [5.74, 6) is -1.18. The number of aliphatic carboxylic acids is 1. The van der Waals surface area contributed by atoms with E-state index in [0.717, 1.165) is 12.0 Å². The molecule has 24 heavy (non-hydrogen) atoms. The van der Waals surface area contributed by atoms with Crippen molar-refractivity contribution in [3.63, 3.8) is 0 Å². The van der Waals surface area contributed by atoms with Gasteiger partial charge in [0.05, 0.1) is 5.66 Å². The van der Waals surface area contributed by atoms with Gasteiger partial charge in [0, 0.05) is 0 Å². The Morgan fingerprint density at radius 1 is 1.04 bits per heavy atom. The highest BCUT2D eigenvalue weighted by atomic mass is 31.2. The SMILES string of the molecule is CCCC(c1ccccc1)P(=O)(O)NC(C(=O)O)c1ccccc1. The molecule has 0 radical (unpaired) electrons. The van der Waals surface area contributed by atoms with Gasteiger partial charge in [-0.05, 0) is 17.5 Å². The van der Waals surface area contributed by atoms with Gasteiger partial charge in [-0.3, -0.25) is 9.36 Å². The zero-order valence-corrected chi connectivity index (χ0v) is 14.4. The largest absolute Gasteiger partial charge is 0.480 e. The molecule has 6 heteroatoms. The molecule has 2 aromatic rings. The maximum atomic E-state index is 13.0. The standard InChI is InChI=1S/C18H22NO4P/c1-2-9-16(14-10-5-3-6-11-14)24(22,23)19-17(18(20)21)15-12-7-4-8-13-15/h3-8,10-13,16-17H,2,9H2,1H3,(H,20,21)(H2,19,22,23). The molecule has 5 nitrogen and oxygen atoms in total. The molecular weight excluding hydrogens is 325 g/mol. The van der Waals surface area contributed by atoms with Crippen LogP contribution in [0.4, 0.5) is 0 Å². The van der Waals surface area contributed by atoms with Crippen molar-refractivity contribution < 1.29 is 19.4 Å². The van der Waals surface area contributed by atoms with Gasteiger partial charge >= 0.3 is 5.97 Å². The van der Waals surface area contributed by atoms with Crippen LogP contribution in [0, 0.1) is 0 Å². The summed E-state index contributed by atoms with van der Waals surface area (Å²) in [5.41, 5.74) is 0.534. The zero-order chi connectivity index (χ0) is 17.6. The molecule has 0 saturated heterocycles. The van der Waals surface area contributed by atoms with Crippen molar-refractivity contribution in [3.05, 3.63) is 71.8 Å². The van der Waals surface area contributed by atoms with Crippen LogP contribution in [0.5, 0.6) is 0 Å². The van der Waals surface area contributed by atoms with Gasteiger partial charge in [-0.25, -0.2) is 5.09 Å². The molecule has 0 aliphatic carbocycles. The topological polar surface area (TPSA) is 86.6 Å². The van der Waals surface area contributed by atoms with Crippen molar-refractivity contribution >= 4 is 13.5 Å². The third kappa shape index (κ3) is 4.54. The van der Waals surface area contributed by atoms with E-state index in [1.54, 1.807) is 42.5 Å². The number of rotatable bonds is 8. The van der Waals surface area contributed by atoms with E-state index < -0.39 is 25.2 Å². The van der Waals surface area contributed by atoms with Gasteiger partial charge in [0.25, 0.3) is 7.52 Å². The van der Waals surface area contributed by atoms with Gasteiger partial charge in [0.2, 0.25) is 0 Å². The Hall–Kier alpha value is -1.94. The predicted octanol–water partition coefficient (Wildman–Crippen LogP) is 4.13. The molecular formula is C18H22NO4P. The van der Waals surface area contributed by atoms with Crippen molar-refractivity contribution in [2.24, 2.45) is 0 Å². The summed E-state index contributed by atoms with van der Waals surface area (Å²) in [7, 11) is -3.95. The number of hydrogen-bond acceptors (Lipinski definition) is 2. The van der Waals surface area contributed by atoms with Crippen molar-refractivity contribution in [1.82, 2.24) is 5.09 Å². The average Bonchev–Trinajstić information content (AvgIpc) is 2.59. The molecule has 2 aromatic carbocycles. The van der Waals surface area contributed by atoms with Gasteiger partial charge < -0.3 is 10.00 Å². The lowest BCUT2D eigenvalue weighted by Gasteiger charge is -2.27. The van der Waals surface area contributed by atoms with E-state index in [0.29, 0.717) is 12.0 Å². The first-order valence-electron chi connectivity index (χ1n) is 7.88. The predicted molar refractivity (Wildman–Crippen MR) is 93.9 cm³/mol. The molecule has 0 fully saturated rings. The van der Waals surface area contributed by atoms with Crippen molar-refractivity contribution in [3.8, 4) is 0 Å². The lowest BCUT2D eigenvalue weighted by molar-refractivity contribution is -0.139. The molecule has 0 aromatic heterocycles. The van der Waals surface area contributed by atoms with Crippen molar-refractivity contribution in [1.29, 1.82) is 0 Å². The summed E-state index contributed by atoms with van der Waals surface area (Å²) in [4.78, 5) is 22.2. The summed E-state index contributed by atoms with van der Waals surface area (Å²) in [5, 5.41) is 12.0. The van der Waals surface area contributed by atoms with E-state index >= 15 is 0 Å². The fourth-order valence-corrected chi connectivity index (χ4v) is 4.68. The second-order valence-corrected chi connectivity index (χ2v) is 7.78. The summed E-state index contributed by atoms with van der Waals surface area (Å²) in [6.45, 7) is 1.93. The summed E-state index contributed by atoms with van der Waals surface area (Å²) in [6, 6.07) is 16.3. The minimum Gasteiger partial charge on any atom is -0.480 e. The Bertz CT molecular complexity index is 705. The number of carbonyl (C=O) groups is 1. The maximum Gasteiger partial charge on any atom is 0.325 e. The van der Waals surface area contributed by atoms with Crippen LogP contribution < -0.4 is 5.09 Å². The molecule has 0 aliphatic rings. The third-order valence-corrected chi connectivity index (χ3v) is 5.89. The minimum atomic E-state index is -3.95. The molecule has 0 amide bonds. The Balaban J connectivity index is 2.32. The zero-order valence-electron chi connectivity index (χ0n) is 13.5. The highest BCUT2D eigenvalue weighted by Gasteiger charge is 2.36. The van der Waals surface area contributed by atoms with Crippen molar-refractivity contribution in [2.45, 2.75) is 31.5 Å². The van der Waals surface area contributed by atoms with Crippen molar-refractivity contribution in [2.75, 3.05) is 0 Å². The van der Waals surface area contributed by atoms with Crippen LogP contribution in [0.1, 0.15) is 42.6 Å². The highest BCUT2D eigenvalue weighted by molar-refractivity contribution is 7.56. The third-order valence-electron chi connectivity index (χ3n) is 3.86. The fraction of sp³-hybridized carbons (Fsp3) is 0.278. The van der Waals surface area contributed by atoms with Crippen LogP contribution in [0.2, 0.25) is 0 Å². The number of carboxylic acids is 1. The van der Waals surface area contributed by atoms with Gasteiger partial charge in [-0.2, -0.15) is 0 Å². The van der Waals surface area contributed by atoms with Gasteiger partial charge in [-0.15, -0.1) is 0 Å². The van der Waals surface area contributed by atoms with E-state index in [9.17, 15) is 19.4 Å². The number of hydrogen-bond donors (Lipinski definition) is 3. The summed E-state index contributed by atoms with van der Waals surface area (Å²) in [6.07, 6.45) is 1.21. The van der Waals surface area contributed by atoms with E-state index in [1.807, 2.05) is 25.1 Å². The van der Waals surface area contributed by atoms with Crippen LogP contribution in [0.3, 0.4) is 0 Å². The first kappa shape index (κ1) is 18.4. The monoisotopic (exact) mass is 347 g/mol. The normalized spacial score (nSPS) is 16.1. The van der Waals surface area contributed by atoms with E-state index in [1.165, 1.54) is 0 Å². The quantitative estimate of drug-likeness (QED) is 0.625. The first-order chi connectivity index (χ1) is 11.5. The molecule has 0 bridgehead atoms. The Kier molecular flexibility index (Phi) is 6.32. The Morgan fingerprint density at radius 3 is 2.00 bits per heavy atom. The van der Waals surface area contributed by atoms with Gasteiger partial charge in [-0.1, -0.05) is 74.0 Å². The van der Waals surface area contributed by atoms with Crippen LogP contribution in [0.25, 0.3) is 0 Å². The molecule has 3 N–H and O–H groups in total. The molecule has 0 saturated carbocycles. The Labute approximate surface area is 141 Å². The van der Waals surface area contributed by atoms with Crippen LogP contribution in [-0.2, 0) is 9.36 Å². The first-order valence-corrected chi connectivity index (χ1v) is 9.61. The fourth-order valence-electron chi connectivity index (χ4n) is 2.69. The van der Waals surface area contributed by atoms with E-state index in [4.69, 9.17) is 0 Å². The van der Waals surface area contributed by atoms with Crippen LogP contribution in [0.15, 0.2) is 60.7 Å². The molecule has 0 spiro atoms. The maximum absolute atomic E-state index is 13.0. The van der Waals surface area contributed by atoms with Crippen LogP contribution in [-0.4, -0.2) is 16.0 Å². The van der Waals surface area contributed by atoms with E-state index in [2.05, 4.69) is 5.09 Å².